The lowest BCUT2D eigenvalue weighted by molar-refractivity contribution is -0.120. The molecule has 4 aromatic heterocycles. The fraction of sp³-hybridized carbons (Fsp3) is 0.308. The molecule has 0 saturated carbocycles. The van der Waals surface area contributed by atoms with Gasteiger partial charge in [0, 0.05) is 158 Å². The van der Waals surface area contributed by atoms with Crippen LogP contribution in [0.3, 0.4) is 0 Å². The van der Waals surface area contributed by atoms with Crippen LogP contribution in [0, 0.1) is 0 Å². The number of ether oxygens (including phenoxy) is 1. The first kappa shape index (κ1) is 102. The largest absolute Gasteiger partial charge is 0.461 e. The van der Waals surface area contributed by atoms with Gasteiger partial charge in [-0.2, -0.15) is 20.4 Å². The number of nitrogens with two attached hydrogens (primary N) is 2. The number of hydrogen-bond acceptors (Lipinski definition) is 22. The summed E-state index contributed by atoms with van der Waals surface area (Å²) < 4.78 is 11.2. The summed E-state index contributed by atoms with van der Waals surface area (Å²) in [6.45, 7) is 7.52. The number of carbonyl (C=O) groups excluding carboxylic acids is 12. The number of piperidine rings is 2. The zero-order chi connectivity index (χ0) is 100. The summed E-state index contributed by atoms with van der Waals surface area (Å²) in [6, 6.07) is 57.2. The number of nitrogen functional groups attached to an aromatic ring is 1. The third-order valence-corrected chi connectivity index (χ3v) is 25.7. The molecule has 10 heterocycles. The second kappa shape index (κ2) is 47.5. The third-order valence-electron chi connectivity index (χ3n) is 24.7. The lowest BCUT2D eigenvalue weighted by Gasteiger charge is -2.29. The molecule has 2 fully saturated rings. The van der Waals surface area contributed by atoms with E-state index < -0.39 is 11.9 Å². The second-order valence-corrected chi connectivity index (χ2v) is 35.6. The summed E-state index contributed by atoms with van der Waals surface area (Å²) in [6.07, 6.45) is 11.2. The molecule has 0 radical (unpaired) electrons. The Labute approximate surface area is 831 Å². The number of fused-ring (bicyclic) bond motifs is 4. The maximum absolute atomic E-state index is 13.7. The van der Waals surface area contributed by atoms with Gasteiger partial charge in [0.25, 0.3) is 29.5 Å². The van der Waals surface area contributed by atoms with Crippen LogP contribution in [-0.2, 0) is 76.0 Å². The number of unbranched alkanes of at least 4 members (excludes halogenated alkanes) is 2. The van der Waals surface area contributed by atoms with Crippen LogP contribution in [0.5, 0.6) is 0 Å². The Kier molecular flexibility index (Phi) is 34.5. The van der Waals surface area contributed by atoms with Gasteiger partial charge >= 0.3 is 5.97 Å². The average Bonchev–Trinajstić information content (AvgIpc) is 1.62. The number of nitrogens with zero attached hydrogens (tertiary/aromatic N) is 14. The van der Waals surface area contributed by atoms with Gasteiger partial charge in [-0.1, -0.05) is 64.5 Å². The highest BCUT2D eigenvalue weighted by atomic mass is 79.9. The van der Waals surface area contributed by atoms with Crippen molar-refractivity contribution in [2.45, 2.75) is 150 Å². The third kappa shape index (κ3) is 23.7. The molecule has 0 unspecified atom stereocenters. The smallest absolute Gasteiger partial charge is 0.359 e. The average molecular weight is 2020 g/mol. The van der Waals surface area contributed by atoms with Crippen LogP contribution < -0.4 is 46.2 Å². The monoisotopic (exact) mass is 2020 g/mol. The standard InChI is InChI=1S/C27H29ClN4O5.C26H26N4O4.C25H25N5O4.C21H20N4O3.C5H8BrClO/c1-2-37-27(36)24-22-14-16-31(20-12-8-19(9-13-20)29-23(34)5-3-4-15-28)26(35)25(22)32(30-24)21-10-6-18(17-33)7-11-21;1-17(32)24-22-13-15-29(20-11-9-19(10-12-20)28-14-3-2-4-23(28)33)26(34)25(22)30(27-24)21-7-5-18(16-31)6-8-21;26-24(33)22-20-12-14-29(18-10-8-17(9-11-18)28-13-2-1-3-21(28)32)25(34)23(20)30(27-22)19-6-4-16(15-31)5-7-19;1-13(27)19-18-10-11-24(16-8-4-15(22)5-9-16)21(28)20(18)25(23-19)17-6-2-14(12-26)3-7-17;6-4-2-1-3-5(7)8/h6-13,33H,2-5,14-17H2,1H3,(H,29,34);5-12,31H,2-4,13-16H2,1H3;4-11,31H,1-3,12-15H2,(H2,26,33);2-9,26H,10-12,22H2,1H3;1-4H2. The summed E-state index contributed by atoms with van der Waals surface area (Å²) in [5.74, 6) is -1.93. The summed E-state index contributed by atoms with van der Waals surface area (Å²) in [5.41, 5.74) is 27.2. The van der Waals surface area contributed by atoms with Crippen molar-refractivity contribution < 1.29 is 82.7 Å². The molecular formula is C104H108BrCl2N17O17. The van der Waals surface area contributed by atoms with E-state index in [1.807, 2.05) is 48.5 Å². The number of aliphatic hydroxyl groups is 4. The lowest BCUT2D eigenvalue weighted by atomic mass is 10.0. The molecule has 0 bridgehead atoms. The van der Waals surface area contributed by atoms with Crippen LogP contribution in [0.25, 0.3) is 22.7 Å². The fourth-order valence-corrected chi connectivity index (χ4v) is 18.1. The van der Waals surface area contributed by atoms with Gasteiger partial charge < -0.3 is 71.3 Å². The van der Waals surface area contributed by atoms with E-state index in [0.29, 0.717) is 198 Å². The number of benzene rings is 8. The molecule has 8 aromatic carbocycles. The summed E-state index contributed by atoms with van der Waals surface area (Å²) in [5, 5.41) is 58.6. The van der Waals surface area contributed by atoms with E-state index in [4.69, 9.17) is 39.4 Å². The maximum Gasteiger partial charge on any atom is 0.359 e. The predicted molar refractivity (Wildman–Crippen MR) is 538 cm³/mol. The van der Waals surface area contributed by atoms with Crippen molar-refractivity contribution in [3.63, 3.8) is 0 Å². The van der Waals surface area contributed by atoms with E-state index in [9.17, 15) is 78.0 Å². The van der Waals surface area contributed by atoms with Crippen molar-refractivity contribution in [1.82, 2.24) is 39.1 Å². The van der Waals surface area contributed by atoms with Crippen LogP contribution in [-0.4, -0.2) is 187 Å². The Morgan fingerprint density at radius 2 is 0.681 bits per heavy atom. The summed E-state index contributed by atoms with van der Waals surface area (Å²) in [4.78, 5) is 160. The number of anilines is 8. The number of Topliss-reactive ketones (excluding diaryl/α,β-unsaturated/α-hetero) is 2. The van der Waals surface area contributed by atoms with E-state index in [2.05, 4.69) is 41.6 Å². The van der Waals surface area contributed by atoms with Crippen LogP contribution in [0.2, 0.25) is 0 Å². The highest BCUT2D eigenvalue weighted by Crippen LogP contribution is 2.38. The number of halogens is 3. The second-order valence-electron chi connectivity index (χ2n) is 34.0. The van der Waals surface area contributed by atoms with Crippen LogP contribution in [0.15, 0.2) is 194 Å². The van der Waals surface area contributed by atoms with Gasteiger partial charge in [0.2, 0.25) is 23.0 Å². The highest BCUT2D eigenvalue weighted by molar-refractivity contribution is 9.09. The lowest BCUT2D eigenvalue weighted by Crippen LogP contribution is -2.39. The van der Waals surface area contributed by atoms with Gasteiger partial charge in [0.1, 0.15) is 34.2 Å². The molecule has 0 aliphatic carbocycles. The molecule has 0 atom stereocenters. The van der Waals surface area contributed by atoms with Crippen LogP contribution in [0.1, 0.15) is 226 Å². The molecular weight excluding hydrogens is 1910 g/mol. The number of alkyl halides is 2. The Morgan fingerprint density at radius 3 is 0.986 bits per heavy atom. The van der Waals surface area contributed by atoms with E-state index in [-0.39, 0.29) is 103 Å². The molecule has 8 amide bonds. The molecule has 9 N–H and O–H groups in total. The van der Waals surface area contributed by atoms with Crippen molar-refractivity contribution in [3.05, 3.63) is 284 Å². The van der Waals surface area contributed by atoms with Gasteiger partial charge in [-0.05, 0) is 263 Å². The first-order valence-electron chi connectivity index (χ1n) is 46.6. The van der Waals surface area contributed by atoms with Crippen LogP contribution in [0.4, 0.5) is 45.5 Å². The number of aliphatic hydroxyl groups excluding tert-OH is 4. The quantitative estimate of drug-likeness (QED) is 0.00598. The summed E-state index contributed by atoms with van der Waals surface area (Å²) in [7, 11) is 0. The number of ketones is 2. The highest BCUT2D eigenvalue weighted by Gasteiger charge is 2.41. The zero-order valence-electron chi connectivity index (χ0n) is 78.1. The SMILES string of the molecule is CC(=O)c1nn(-c2ccc(CO)cc2)c2c1CCN(c1ccc(N)cc1)C2=O.CC(=O)c1nn(-c2ccc(CO)cc2)c2c1CCN(c1ccc(N3CCCCC3=O)cc1)C2=O.CCOC(=O)c1nn(-c2ccc(CO)cc2)c2c1CCN(c1ccc(NC(=O)CCCCCl)cc1)C2=O.NC(=O)c1nn(-c2ccc(CO)cc2)c2c1CCN(c1ccc(N3CCCCC3=O)cc1)C2=O.O=C(Cl)CCCCBr. The summed E-state index contributed by atoms with van der Waals surface area (Å²) >= 11 is 14.0. The molecule has 732 valence electrons. The minimum atomic E-state index is -0.682. The van der Waals surface area contributed by atoms with Crippen molar-refractivity contribution in [2.75, 3.05) is 97.5 Å². The van der Waals surface area contributed by atoms with Gasteiger partial charge in [-0.15, -0.1) is 11.6 Å². The normalized spacial score (nSPS) is 14.3. The minimum absolute atomic E-state index is 0.0694. The van der Waals surface area contributed by atoms with Crippen molar-refractivity contribution in [3.8, 4) is 22.7 Å². The number of rotatable bonds is 28. The molecule has 6 aliphatic rings. The molecule has 12 aromatic rings. The van der Waals surface area contributed by atoms with Gasteiger partial charge in [-0.25, -0.2) is 23.5 Å². The predicted octanol–water partition coefficient (Wildman–Crippen LogP) is 14.2. The molecule has 141 heavy (non-hydrogen) atoms. The van der Waals surface area contributed by atoms with Crippen LogP contribution >= 0.6 is 39.1 Å². The number of nitrogens with one attached hydrogen (secondary N) is 1. The Balaban J connectivity index is 0.000000146. The van der Waals surface area contributed by atoms with Gasteiger partial charge in [0.15, 0.2) is 23.0 Å². The minimum Gasteiger partial charge on any atom is -0.461 e. The number of hydrogen-bond donors (Lipinski definition) is 7. The molecule has 2 saturated heterocycles. The van der Waals surface area contributed by atoms with Crippen molar-refractivity contribution in [1.29, 1.82) is 0 Å². The van der Waals surface area contributed by atoms with E-state index >= 15 is 0 Å². The van der Waals surface area contributed by atoms with Crippen molar-refractivity contribution >= 4 is 155 Å². The number of primary amides is 1. The van der Waals surface area contributed by atoms with Crippen molar-refractivity contribution in [2.24, 2.45) is 5.73 Å². The maximum atomic E-state index is 13.7. The zero-order valence-corrected chi connectivity index (χ0v) is 81.2. The molecule has 34 nitrogen and oxygen atoms in total. The molecule has 6 aliphatic heterocycles. The van der Waals surface area contributed by atoms with E-state index in [1.165, 1.54) is 32.6 Å². The van der Waals surface area contributed by atoms with E-state index in [0.717, 1.165) is 102 Å². The number of carbonyl (C=O) groups is 12. The van der Waals surface area contributed by atoms with E-state index in [1.54, 1.807) is 182 Å². The number of aromatic nitrogens is 8. The molecule has 37 heteroatoms. The van der Waals surface area contributed by atoms with Gasteiger partial charge in [0.05, 0.1) is 55.8 Å². The Morgan fingerprint density at radius 1 is 0.383 bits per heavy atom. The first-order chi connectivity index (χ1) is 68.2. The first-order valence-corrected chi connectivity index (χ1v) is 48.6. The number of esters is 1. The fourth-order valence-electron chi connectivity index (χ4n) is 17.4. The topological polar surface area (TPSA) is 450 Å². The van der Waals surface area contributed by atoms with Gasteiger partial charge in [-0.3, -0.25) is 52.7 Å². The number of amides is 8. The molecule has 0 spiro atoms. The Bertz CT molecular complexity index is 6410. The molecule has 18 rings (SSSR count). The Hall–Kier alpha value is -14.5.